The Balaban J connectivity index is 2.45. The van der Waals surface area contributed by atoms with E-state index in [-0.39, 0.29) is 11.6 Å². The number of pyridine rings is 1. The Morgan fingerprint density at radius 1 is 1.31 bits per heavy atom. The number of carbonyl (C=O) groups is 1. The van der Waals surface area contributed by atoms with Crippen molar-refractivity contribution in [1.82, 2.24) is 4.98 Å². The summed E-state index contributed by atoms with van der Waals surface area (Å²) in [6.07, 6.45) is 0. The fourth-order valence-corrected chi connectivity index (χ4v) is 1.48. The molecule has 0 aliphatic carbocycles. The van der Waals surface area contributed by atoms with Crippen LogP contribution < -0.4 is 5.73 Å². The number of nitrogen functional groups attached to an aromatic ring is 1. The maximum Gasteiger partial charge on any atom is 0.163 e. The number of nitrogens with two attached hydrogens (primary N) is 1. The first-order chi connectivity index (χ1) is 7.58. The number of aryl methyl sites for hydroxylation is 1. The molecule has 0 aliphatic heterocycles. The second-order valence-corrected chi connectivity index (χ2v) is 3.60. The smallest absolute Gasteiger partial charge is 0.163 e. The van der Waals surface area contributed by atoms with Gasteiger partial charge in [-0.05, 0) is 38.1 Å². The van der Waals surface area contributed by atoms with Crippen LogP contribution in [-0.2, 0) is 0 Å². The lowest BCUT2D eigenvalue weighted by molar-refractivity contribution is 0.101. The van der Waals surface area contributed by atoms with E-state index in [0.717, 1.165) is 5.76 Å². The van der Waals surface area contributed by atoms with Gasteiger partial charge in [0.2, 0.25) is 0 Å². The lowest BCUT2D eigenvalue weighted by atomic mass is 10.1. The van der Waals surface area contributed by atoms with Crippen LogP contribution in [0.2, 0.25) is 0 Å². The van der Waals surface area contributed by atoms with Gasteiger partial charge in [-0.15, -0.1) is 0 Å². The summed E-state index contributed by atoms with van der Waals surface area (Å²) in [6, 6.07) is 7.07. The molecule has 0 saturated heterocycles. The van der Waals surface area contributed by atoms with Gasteiger partial charge in [-0.2, -0.15) is 0 Å². The van der Waals surface area contributed by atoms with Crippen LogP contribution in [0.4, 0.5) is 5.82 Å². The minimum absolute atomic E-state index is 0.0906. The van der Waals surface area contributed by atoms with Crippen molar-refractivity contribution in [2.45, 2.75) is 13.8 Å². The van der Waals surface area contributed by atoms with Gasteiger partial charge in [-0.3, -0.25) is 4.79 Å². The van der Waals surface area contributed by atoms with E-state index < -0.39 is 0 Å². The zero-order valence-electron chi connectivity index (χ0n) is 9.15. The molecule has 2 aromatic heterocycles. The molecule has 0 unspecified atom stereocenters. The molecule has 0 saturated carbocycles. The lowest BCUT2D eigenvalue weighted by Gasteiger charge is -2.02. The van der Waals surface area contributed by atoms with Crippen LogP contribution in [0.25, 0.3) is 11.5 Å². The number of aromatic nitrogens is 1. The third kappa shape index (κ3) is 1.82. The molecule has 2 heterocycles. The zero-order chi connectivity index (χ0) is 11.7. The normalized spacial score (nSPS) is 10.4. The fourth-order valence-electron chi connectivity index (χ4n) is 1.48. The summed E-state index contributed by atoms with van der Waals surface area (Å²) < 4.78 is 5.42. The van der Waals surface area contributed by atoms with Gasteiger partial charge in [0.25, 0.3) is 0 Å². The Bertz CT molecular complexity index is 544. The minimum Gasteiger partial charge on any atom is -0.460 e. The molecule has 4 heteroatoms. The van der Waals surface area contributed by atoms with E-state index in [2.05, 4.69) is 4.98 Å². The van der Waals surface area contributed by atoms with Crippen molar-refractivity contribution < 1.29 is 9.21 Å². The Labute approximate surface area is 93.1 Å². The molecular weight excluding hydrogens is 204 g/mol. The van der Waals surface area contributed by atoms with E-state index in [9.17, 15) is 4.79 Å². The minimum atomic E-state index is -0.0906. The van der Waals surface area contributed by atoms with Gasteiger partial charge in [0.1, 0.15) is 17.3 Å². The predicted molar refractivity (Wildman–Crippen MR) is 61.1 cm³/mol. The quantitative estimate of drug-likeness (QED) is 0.783. The van der Waals surface area contributed by atoms with Gasteiger partial charge in [0.05, 0.1) is 5.56 Å². The summed E-state index contributed by atoms with van der Waals surface area (Å²) in [5, 5.41) is 0. The van der Waals surface area contributed by atoms with Crippen LogP contribution in [0, 0.1) is 6.92 Å². The summed E-state index contributed by atoms with van der Waals surface area (Å²) in [6.45, 7) is 3.32. The second kappa shape index (κ2) is 3.81. The second-order valence-electron chi connectivity index (χ2n) is 3.60. The number of hydrogen-bond acceptors (Lipinski definition) is 4. The van der Waals surface area contributed by atoms with Crippen molar-refractivity contribution in [2.24, 2.45) is 0 Å². The molecule has 0 radical (unpaired) electrons. The molecule has 0 bridgehead atoms. The van der Waals surface area contributed by atoms with E-state index in [1.54, 1.807) is 12.1 Å². The van der Waals surface area contributed by atoms with Crippen molar-refractivity contribution in [3.8, 4) is 11.5 Å². The molecule has 82 valence electrons. The molecule has 2 rings (SSSR count). The van der Waals surface area contributed by atoms with E-state index in [0.29, 0.717) is 17.0 Å². The first kappa shape index (κ1) is 10.4. The van der Waals surface area contributed by atoms with Gasteiger partial charge in [0.15, 0.2) is 11.5 Å². The summed E-state index contributed by atoms with van der Waals surface area (Å²) in [5.41, 5.74) is 6.76. The molecule has 16 heavy (non-hydrogen) atoms. The van der Waals surface area contributed by atoms with E-state index in [1.807, 2.05) is 19.1 Å². The number of Topliss-reactive ketones (excluding diaryl/α,β-unsaturated/α-hetero) is 1. The monoisotopic (exact) mass is 216 g/mol. The van der Waals surface area contributed by atoms with Gasteiger partial charge in [0, 0.05) is 0 Å². The average Bonchev–Trinajstić information content (AvgIpc) is 2.64. The highest BCUT2D eigenvalue weighted by Crippen LogP contribution is 2.22. The molecule has 0 spiro atoms. The number of carbonyl (C=O) groups excluding carboxylic acids is 1. The highest BCUT2D eigenvalue weighted by Gasteiger charge is 2.09. The van der Waals surface area contributed by atoms with Crippen molar-refractivity contribution >= 4 is 11.6 Å². The van der Waals surface area contributed by atoms with Gasteiger partial charge < -0.3 is 10.2 Å². The van der Waals surface area contributed by atoms with Crippen LogP contribution in [0.3, 0.4) is 0 Å². The predicted octanol–water partition coefficient (Wildman–Crippen LogP) is 2.43. The zero-order valence-corrected chi connectivity index (χ0v) is 9.15. The van der Waals surface area contributed by atoms with Gasteiger partial charge >= 0.3 is 0 Å². The highest BCUT2D eigenvalue weighted by molar-refractivity contribution is 5.98. The molecule has 0 aromatic carbocycles. The molecular formula is C12H12N2O2. The summed E-state index contributed by atoms with van der Waals surface area (Å²) in [7, 11) is 0. The number of furan rings is 1. The standard InChI is InChI=1S/C12H12N2O2/c1-7-3-6-11(16-7)10-5-4-9(8(2)15)12(13)14-10/h3-6H,1-2H3,(H2,13,14). The van der Waals surface area contributed by atoms with E-state index >= 15 is 0 Å². The van der Waals surface area contributed by atoms with E-state index in [1.165, 1.54) is 6.92 Å². The van der Waals surface area contributed by atoms with Crippen molar-refractivity contribution in [3.63, 3.8) is 0 Å². The Morgan fingerprint density at radius 2 is 2.06 bits per heavy atom. The number of rotatable bonds is 2. The Hall–Kier alpha value is -2.10. The average molecular weight is 216 g/mol. The van der Waals surface area contributed by atoms with Crippen LogP contribution in [0.15, 0.2) is 28.7 Å². The topological polar surface area (TPSA) is 69.1 Å². The van der Waals surface area contributed by atoms with Crippen molar-refractivity contribution in [2.75, 3.05) is 5.73 Å². The molecule has 0 amide bonds. The largest absolute Gasteiger partial charge is 0.460 e. The number of ketones is 1. The maximum absolute atomic E-state index is 11.2. The highest BCUT2D eigenvalue weighted by atomic mass is 16.3. The van der Waals surface area contributed by atoms with Gasteiger partial charge in [-0.25, -0.2) is 4.98 Å². The van der Waals surface area contributed by atoms with Crippen LogP contribution >= 0.6 is 0 Å². The van der Waals surface area contributed by atoms with Crippen LogP contribution in [0.1, 0.15) is 23.0 Å². The van der Waals surface area contributed by atoms with Crippen molar-refractivity contribution in [1.29, 1.82) is 0 Å². The summed E-state index contributed by atoms with van der Waals surface area (Å²) in [4.78, 5) is 15.3. The number of hydrogen-bond donors (Lipinski definition) is 1. The number of anilines is 1. The third-order valence-corrected chi connectivity index (χ3v) is 2.30. The molecule has 2 aromatic rings. The Morgan fingerprint density at radius 3 is 2.56 bits per heavy atom. The Kier molecular flexibility index (Phi) is 2.48. The molecule has 4 nitrogen and oxygen atoms in total. The summed E-state index contributed by atoms with van der Waals surface area (Å²) >= 11 is 0. The SMILES string of the molecule is CC(=O)c1ccc(-c2ccc(C)o2)nc1N. The van der Waals surface area contributed by atoms with Crippen LogP contribution in [-0.4, -0.2) is 10.8 Å². The molecule has 0 atom stereocenters. The number of nitrogens with zero attached hydrogens (tertiary/aromatic N) is 1. The van der Waals surface area contributed by atoms with E-state index in [4.69, 9.17) is 10.2 Å². The summed E-state index contributed by atoms with van der Waals surface area (Å²) in [5.74, 6) is 1.61. The first-order valence-corrected chi connectivity index (χ1v) is 4.92. The molecule has 2 N–H and O–H groups in total. The van der Waals surface area contributed by atoms with Crippen molar-refractivity contribution in [3.05, 3.63) is 35.6 Å². The first-order valence-electron chi connectivity index (χ1n) is 4.92. The fraction of sp³-hybridized carbons (Fsp3) is 0.167. The molecule has 0 aliphatic rings. The maximum atomic E-state index is 11.2. The van der Waals surface area contributed by atoms with Crippen LogP contribution in [0.5, 0.6) is 0 Å². The van der Waals surface area contributed by atoms with Gasteiger partial charge in [-0.1, -0.05) is 0 Å². The third-order valence-electron chi connectivity index (χ3n) is 2.30. The lowest BCUT2D eigenvalue weighted by Crippen LogP contribution is -2.02. The molecule has 0 fully saturated rings.